The SMILES string of the molecule is Cc1nc2cc(Nc3nccnc3C#N)ccc2n1-c1ccccc1. The number of benzene rings is 2. The molecule has 0 aliphatic carbocycles. The second-order valence-electron chi connectivity index (χ2n) is 5.52. The molecule has 120 valence electrons. The second-order valence-corrected chi connectivity index (χ2v) is 5.52. The van der Waals surface area contributed by atoms with Gasteiger partial charge in [-0.25, -0.2) is 15.0 Å². The van der Waals surface area contributed by atoms with Gasteiger partial charge in [0.25, 0.3) is 0 Å². The Balaban J connectivity index is 1.76. The van der Waals surface area contributed by atoms with Gasteiger partial charge < -0.3 is 5.32 Å². The van der Waals surface area contributed by atoms with E-state index in [9.17, 15) is 0 Å². The number of anilines is 2. The zero-order valence-corrected chi connectivity index (χ0v) is 13.5. The third-order valence-corrected chi connectivity index (χ3v) is 3.90. The van der Waals surface area contributed by atoms with Gasteiger partial charge in [0, 0.05) is 23.8 Å². The normalized spacial score (nSPS) is 10.6. The van der Waals surface area contributed by atoms with Gasteiger partial charge in [-0.05, 0) is 37.3 Å². The molecule has 1 N–H and O–H groups in total. The Bertz CT molecular complexity index is 1090. The molecule has 6 nitrogen and oxygen atoms in total. The number of fused-ring (bicyclic) bond motifs is 1. The van der Waals surface area contributed by atoms with Gasteiger partial charge >= 0.3 is 0 Å². The average molecular weight is 326 g/mol. The van der Waals surface area contributed by atoms with Crippen molar-refractivity contribution in [2.24, 2.45) is 0 Å². The fourth-order valence-electron chi connectivity index (χ4n) is 2.83. The van der Waals surface area contributed by atoms with Gasteiger partial charge in [0.05, 0.1) is 11.0 Å². The van der Waals surface area contributed by atoms with Crippen LogP contribution in [0, 0.1) is 18.3 Å². The number of imidazole rings is 1. The van der Waals surface area contributed by atoms with Gasteiger partial charge in [-0.2, -0.15) is 5.26 Å². The minimum Gasteiger partial charge on any atom is -0.338 e. The van der Waals surface area contributed by atoms with Crippen molar-refractivity contribution in [3.63, 3.8) is 0 Å². The van der Waals surface area contributed by atoms with E-state index >= 15 is 0 Å². The first-order valence-corrected chi connectivity index (χ1v) is 7.79. The zero-order valence-electron chi connectivity index (χ0n) is 13.5. The van der Waals surface area contributed by atoms with Crippen LogP contribution in [-0.4, -0.2) is 19.5 Å². The van der Waals surface area contributed by atoms with Crippen LogP contribution in [0.2, 0.25) is 0 Å². The first-order valence-electron chi connectivity index (χ1n) is 7.79. The summed E-state index contributed by atoms with van der Waals surface area (Å²) in [5.41, 5.74) is 4.03. The molecule has 0 atom stereocenters. The van der Waals surface area contributed by atoms with E-state index in [0.29, 0.717) is 5.82 Å². The molecule has 0 radical (unpaired) electrons. The number of nitrogens with one attached hydrogen (secondary N) is 1. The molecule has 4 aromatic rings. The highest BCUT2D eigenvalue weighted by molar-refractivity contribution is 5.83. The van der Waals surface area contributed by atoms with Gasteiger partial charge in [-0.15, -0.1) is 0 Å². The molecule has 0 aliphatic heterocycles. The van der Waals surface area contributed by atoms with Gasteiger partial charge in [0.1, 0.15) is 11.9 Å². The van der Waals surface area contributed by atoms with E-state index in [0.717, 1.165) is 28.2 Å². The molecule has 0 unspecified atom stereocenters. The number of rotatable bonds is 3. The molecule has 0 saturated carbocycles. The van der Waals surface area contributed by atoms with Gasteiger partial charge in [0.2, 0.25) is 0 Å². The Labute approximate surface area is 144 Å². The van der Waals surface area contributed by atoms with Crippen LogP contribution in [0.15, 0.2) is 60.9 Å². The number of para-hydroxylation sites is 1. The zero-order chi connectivity index (χ0) is 17.2. The number of aromatic nitrogens is 4. The molecular formula is C19H14N6. The predicted octanol–water partition coefficient (Wildman–Crippen LogP) is 3.74. The van der Waals surface area contributed by atoms with Crippen molar-refractivity contribution in [3.05, 3.63) is 72.4 Å². The minimum absolute atomic E-state index is 0.258. The van der Waals surface area contributed by atoms with Crippen molar-refractivity contribution in [2.75, 3.05) is 5.32 Å². The van der Waals surface area contributed by atoms with Crippen LogP contribution in [0.1, 0.15) is 11.5 Å². The maximum atomic E-state index is 9.13. The molecule has 25 heavy (non-hydrogen) atoms. The van der Waals surface area contributed by atoms with Crippen molar-refractivity contribution in [1.29, 1.82) is 5.26 Å². The van der Waals surface area contributed by atoms with Crippen molar-refractivity contribution in [3.8, 4) is 11.8 Å². The number of nitriles is 1. The molecule has 6 heteroatoms. The Morgan fingerprint density at radius 1 is 1.04 bits per heavy atom. The van der Waals surface area contributed by atoms with E-state index in [2.05, 4.69) is 37.0 Å². The minimum atomic E-state index is 0.258. The molecule has 0 saturated heterocycles. The van der Waals surface area contributed by atoms with Crippen molar-refractivity contribution in [2.45, 2.75) is 6.92 Å². The topological polar surface area (TPSA) is 79.4 Å². The highest BCUT2D eigenvalue weighted by Crippen LogP contribution is 2.25. The van der Waals surface area contributed by atoms with Crippen LogP contribution in [0.3, 0.4) is 0 Å². The molecule has 0 fully saturated rings. The average Bonchev–Trinajstić information content (AvgIpc) is 2.98. The number of aryl methyl sites for hydroxylation is 1. The summed E-state index contributed by atoms with van der Waals surface area (Å²) in [5.74, 6) is 1.35. The first-order chi connectivity index (χ1) is 12.3. The lowest BCUT2D eigenvalue weighted by molar-refractivity contribution is 1.00. The highest BCUT2D eigenvalue weighted by atomic mass is 15.1. The van der Waals surface area contributed by atoms with Crippen molar-refractivity contribution < 1.29 is 0 Å². The van der Waals surface area contributed by atoms with Crippen molar-refractivity contribution in [1.82, 2.24) is 19.5 Å². The third-order valence-electron chi connectivity index (χ3n) is 3.90. The van der Waals surface area contributed by atoms with Gasteiger partial charge in [0.15, 0.2) is 11.5 Å². The molecule has 4 rings (SSSR count). The Morgan fingerprint density at radius 3 is 2.64 bits per heavy atom. The molecule has 0 aliphatic rings. The van der Waals surface area contributed by atoms with Crippen LogP contribution in [-0.2, 0) is 0 Å². The summed E-state index contributed by atoms with van der Waals surface area (Å²) in [6.07, 6.45) is 3.05. The maximum absolute atomic E-state index is 9.13. The van der Waals surface area contributed by atoms with Crippen LogP contribution >= 0.6 is 0 Å². The lowest BCUT2D eigenvalue weighted by Gasteiger charge is -2.08. The van der Waals surface area contributed by atoms with Crippen molar-refractivity contribution >= 4 is 22.5 Å². The highest BCUT2D eigenvalue weighted by Gasteiger charge is 2.11. The predicted molar refractivity (Wildman–Crippen MR) is 95.8 cm³/mol. The van der Waals surface area contributed by atoms with E-state index in [1.165, 1.54) is 6.20 Å². The van der Waals surface area contributed by atoms with E-state index in [1.54, 1.807) is 6.20 Å². The summed E-state index contributed by atoms with van der Waals surface area (Å²) in [6.45, 7) is 1.98. The van der Waals surface area contributed by atoms with Gasteiger partial charge in [-0.3, -0.25) is 4.57 Å². The first kappa shape index (κ1) is 14.8. The number of hydrogen-bond donors (Lipinski definition) is 1. The summed E-state index contributed by atoms with van der Waals surface area (Å²) in [4.78, 5) is 12.8. The maximum Gasteiger partial charge on any atom is 0.183 e. The van der Waals surface area contributed by atoms with Crippen LogP contribution in [0.4, 0.5) is 11.5 Å². The quantitative estimate of drug-likeness (QED) is 0.620. The molecule has 0 spiro atoms. The summed E-state index contributed by atoms with van der Waals surface area (Å²) in [6, 6.07) is 18.0. The fourth-order valence-corrected chi connectivity index (χ4v) is 2.83. The third kappa shape index (κ3) is 2.68. The second kappa shape index (κ2) is 6.06. The molecule has 0 amide bonds. The van der Waals surface area contributed by atoms with Crippen LogP contribution in [0.5, 0.6) is 0 Å². The lowest BCUT2D eigenvalue weighted by atomic mass is 10.2. The van der Waals surface area contributed by atoms with E-state index in [4.69, 9.17) is 5.26 Å². The van der Waals surface area contributed by atoms with Gasteiger partial charge in [-0.1, -0.05) is 18.2 Å². The molecular weight excluding hydrogens is 312 g/mol. The lowest BCUT2D eigenvalue weighted by Crippen LogP contribution is -1.99. The van der Waals surface area contributed by atoms with E-state index < -0.39 is 0 Å². The largest absolute Gasteiger partial charge is 0.338 e. The Hall–Kier alpha value is -3.72. The number of hydrogen-bond acceptors (Lipinski definition) is 5. The molecule has 2 aromatic heterocycles. The Kier molecular flexibility index (Phi) is 3.60. The van der Waals surface area contributed by atoms with Crippen LogP contribution < -0.4 is 5.32 Å². The summed E-state index contributed by atoms with van der Waals surface area (Å²) in [7, 11) is 0. The summed E-state index contributed by atoms with van der Waals surface area (Å²) >= 11 is 0. The standard InChI is InChI=1S/C19H14N6/c1-13-23-16-11-14(24-19-17(12-20)21-9-10-22-19)7-8-18(16)25(13)15-5-3-2-4-6-15/h2-11H,1H3,(H,22,24). The monoisotopic (exact) mass is 326 g/mol. The molecule has 2 aromatic carbocycles. The summed E-state index contributed by atoms with van der Waals surface area (Å²) < 4.78 is 2.11. The molecule has 2 heterocycles. The smallest absolute Gasteiger partial charge is 0.183 e. The summed E-state index contributed by atoms with van der Waals surface area (Å²) in [5, 5.41) is 12.3. The van der Waals surface area contributed by atoms with E-state index in [-0.39, 0.29) is 5.69 Å². The number of nitrogens with zero attached hydrogens (tertiary/aromatic N) is 5. The fraction of sp³-hybridized carbons (Fsp3) is 0.0526. The van der Waals surface area contributed by atoms with E-state index in [1.807, 2.05) is 49.4 Å². The Morgan fingerprint density at radius 2 is 1.84 bits per heavy atom. The molecule has 0 bridgehead atoms. The van der Waals surface area contributed by atoms with Crippen LogP contribution in [0.25, 0.3) is 16.7 Å².